The van der Waals surface area contributed by atoms with Crippen LogP contribution < -0.4 is 5.32 Å². The molecular formula is C17H21N9. The fraction of sp³-hybridized carbons (Fsp3) is 0.353. The third-order valence-corrected chi connectivity index (χ3v) is 4.39. The Morgan fingerprint density at radius 1 is 0.962 bits per heavy atom. The van der Waals surface area contributed by atoms with Gasteiger partial charge in [-0.1, -0.05) is 13.8 Å². The van der Waals surface area contributed by atoms with E-state index in [2.05, 4.69) is 44.2 Å². The Balaban J connectivity index is 1.84. The fourth-order valence-corrected chi connectivity index (χ4v) is 2.93. The van der Waals surface area contributed by atoms with E-state index in [1.165, 1.54) is 6.33 Å². The fourth-order valence-electron chi connectivity index (χ4n) is 2.93. The first-order valence-corrected chi connectivity index (χ1v) is 8.46. The van der Waals surface area contributed by atoms with Crippen molar-refractivity contribution in [1.82, 2.24) is 38.7 Å². The number of fused-ring (bicyclic) bond motifs is 1. The van der Waals surface area contributed by atoms with Crippen LogP contribution in [0, 0.1) is 0 Å². The maximum atomic E-state index is 4.57. The molecule has 4 rings (SSSR count). The Labute approximate surface area is 150 Å². The Morgan fingerprint density at radius 3 is 2.15 bits per heavy atom. The summed E-state index contributed by atoms with van der Waals surface area (Å²) in [5, 5.41) is 7.85. The molecule has 0 aliphatic rings. The van der Waals surface area contributed by atoms with Crippen LogP contribution in [0.1, 0.15) is 43.1 Å². The molecule has 0 bridgehead atoms. The van der Waals surface area contributed by atoms with Crippen LogP contribution >= 0.6 is 0 Å². The van der Waals surface area contributed by atoms with Gasteiger partial charge in [-0.05, 0) is 5.92 Å². The lowest BCUT2D eigenvalue weighted by Crippen LogP contribution is -2.22. The first-order valence-electron chi connectivity index (χ1n) is 8.46. The van der Waals surface area contributed by atoms with Crippen molar-refractivity contribution in [2.75, 3.05) is 5.32 Å². The molecule has 134 valence electrons. The van der Waals surface area contributed by atoms with Gasteiger partial charge in [0.25, 0.3) is 5.78 Å². The molecule has 0 aliphatic carbocycles. The zero-order chi connectivity index (χ0) is 18.3. The molecule has 9 nitrogen and oxygen atoms in total. The average molecular weight is 351 g/mol. The monoisotopic (exact) mass is 351 g/mol. The van der Waals surface area contributed by atoms with Gasteiger partial charge in [-0.15, -0.1) is 0 Å². The van der Waals surface area contributed by atoms with E-state index in [0.717, 1.165) is 23.2 Å². The predicted octanol–water partition coefficient (Wildman–Crippen LogP) is 1.92. The van der Waals surface area contributed by atoms with E-state index >= 15 is 0 Å². The average Bonchev–Trinajstić information content (AvgIpc) is 3.33. The van der Waals surface area contributed by atoms with Gasteiger partial charge in [-0.25, -0.2) is 15.0 Å². The van der Waals surface area contributed by atoms with Crippen LogP contribution in [0.15, 0.2) is 37.2 Å². The quantitative estimate of drug-likeness (QED) is 0.591. The van der Waals surface area contributed by atoms with E-state index in [1.54, 1.807) is 16.9 Å². The van der Waals surface area contributed by atoms with Crippen molar-refractivity contribution in [1.29, 1.82) is 0 Å². The van der Waals surface area contributed by atoms with Gasteiger partial charge in [0, 0.05) is 44.9 Å². The highest BCUT2D eigenvalue weighted by atomic mass is 15.4. The summed E-state index contributed by atoms with van der Waals surface area (Å²) in [5.74, 6) is 3.35. The second-order valence-electron chi connectivity index (χ2n) is 6.56. The number of imidazole rings is 2. The van der Waals surface area contributed by atoms with Crippen molar-refractivity contribution >= 4 is 11.6 Å². The summed E-state index contributed by atoms with van der Waals surface area (Å²) in [6.45, 7) is 4.21. The maximum Gasteiger partial charge on any atom is 0.254 e. The first-order chi connectivity index (χ1) is 12.5. The number of hydrogen-bond acceptors (Lipinski definition) is 6. The highest BCUT2D eigenvalue weighted by Crippen LogP contribution is 2.26. The van der Waals surface area contributed by atoms with Crippen LogP contribution in [0.4, 0.5) is 5.82 Å². The molecule has 0 amide bonds. The van der Waals surface area contributed by atoms with Crippen LogP contribution in [0.25, 0.3) is 5.78 Å². The third-order valence-electron chi connectivity index (χ3n) is 4.39. The molecule has 0 aliphatic heterocycles. The molecule has 0 fully saturated rings. The van der Waals surface area contributed by atoms with Crippen LogP contribution in [-0.4, -0.2) is 38.7 Å². The van der Waals surface area contributed by atoms with E-state index in [9.17, 15) is 0 Å². The lowest BCUT2D eigenvalue weighted by atomic mass is 10.1. The van der Waals surface area contributed by atoms with Crippen molar-refractivity contribution in [2.45, 2.75) is 25.8 Å². The van der Waals surface area contributed by atoms with Crippen molar-refractivity contribution in [2.24, 2.45) is 14.1 Å². The summed E-state index contributed by atoms with van der Waals surface area (Å²) >= 11 is 0. The number of rotatable bonds is 5. The summed E-state index contributed by atoms with van der Waals surface area (Å²) in [7, 11) is 3.94. The minimum atomic E-state index is -0.246. The number of hydrogen-bond donors (Lipinski definition) is 1. The predicted molar refractivity (Wildman–Crippen MR) is 96.8 cm³/mol. The summed E-state index contributed by atoms with van der Waals surface area (Å²) in [4.78, 5) is 17.9. The second kappa shape index (κ2) is 6.25. The molecule has 1 N–H and O–H groups in total. The Bertz CT molecular complexity index is 999. The van der Waals surface area contributed by atoms with E-state index in [-0.39, 0.29) is 12.0 Å². The molecule has 4 aromatic rings. The van der Waals surface area contributed by atoms with Crippen molar-refractivity contribution < 1.29 is 0 Å². The van der Waals surface area contributed by atoms with E-state index < -0.39 is 0 Å². The van der Waals surface area contributed by atoms with Crippen LogP contribution in [0.2, 0.25) is 0 Å². The minimum absolute atomic E-state index is 0.246. The Morgan fingerprint density at radius 2 is 1.62 bits per heavy atom. The normalized spacial score (nSPS) is 11.8. The van der Waals surface area contributed by atoms with E-state index in [0.29, 0.717) is 5.78 Å². The van der Waals surface area contributed by atoms with Crippen LogP contribution in [0.3, 0.4) is 0 Å². The highest BCUT2D eigenvalue weighted by molar-refractivity contribution is 5.48. The molecule has 0 atom stereocenters. The third kappa shape index (κ3) is 2.71. The zero-order valence-electron chi connectivity index (χ0n) is 15.2. The Kier molecular flexibility index (Phi) is 3.90. The standard InChI is InChI=1S/C17H21N9/c1-11(2)12-9-13(26-17(22-12)20-10-21-26)23-14(15-18-5-7-24(15)3)16-19-6-8-25(16)4/h5-11,14,23H,1-4H3. The van der Waals surface area contributed by atoms with Gasteiger partial charge >= 0.3 is 0 Å². The van der Waals surface area contributed by atoms with Crippen molar-refractivity contribution in [3.8, 4) is 0 Å². The van der Waals surface area contributed by atoms with Gasteiger partial charge in [0.05, 0.1) is 5.69 Å². The Hall–Kier alpha value is -3.23. The summed E-state index contributed by atoms with van der Waals surface area (Å²) in [5.41, 5.74) is 0.950. The topological polar surface area (TPSA) is 90.8 Å². The summed E-state index contributed by atoms with van der Waals surface area (Å²) in [6, 6.07) is 1.76. The van der Waals surface area contributed by atoms with Crippen molar-refractivity contribution in [3.63, 3.8) is 0 Å². The minimum Gasteiger partial charge on any atom is -0.354 e. The van der Waals surface area contributed by atoms with Gasteiger partial charge in [0.1, 0.15) is 29.8 Å². The number of nitrogens with zero attached hydrogens (tertiary/aromatic N) is 8. The second-order valence-corrected chi connectivity index (χ2v) is 6.56. The molecule has 0 radical (unpaired) electrons. The van der Waals surface area contributed by atoms with E-state index in [1.807, 2.05) is 41.7 Å². The lowest BCUT2D eigenvalue weighted by Gasteiger charge is -2.20. The molecule has 26 heavy (non-hydrogen) atoms. The van der Waals surface area contributed by atoms with Gasteiger partial charge in [0.15, 0.2) is 0 Å². The van der Waals surface area contributed by atoms with Crippen molar-refractivity contribution in [3.05, 3.63) is 54.5 Å². The molecule has 4 aromatic heterocycles. The maximum absolute atomic E-state index is 4.57. The zero-order valence-corrected chi connectivity index (χ0v) is 15.2. The van der Waals surface area contributed by atoms with Crippen LogP contribution in [-0.2, 0) is 14.1 Å². The van der Waals surface area contributed by atoms with Gasteiger partial charge in [0.2, 0.25) is 0 Å². The molecule has 0 saturated carbocycles. The summed E-state index contributed by atoms with van der Waals surface area (Å²) in [6.07, 6.45) is 8.91. The molecule has 4 heterocycles. The molecule has 0 aromatic carbocycles. The molecule has 0 unspecified atom stereocenters. The number of aromatic nitrogens is 8. The number of anilines is 1. The van der Waals surface area contributed by atoms with E-state index in [4.69, 9.17) is 0 Å². The number of nitrogens with one attached hydrogen (secondary N) is 1. The molecule has 0 saturated heterocycles. The lowest BCUT2D eigenvalue weighted by molar-refractivity contribution is 0.671. The first kappa shape index (κ1) is 16.2. The van der Waals surface area contributed by atoms with Gasteiger partial charge in [-0.2, -0.15) is 14.6 Å². The smallest absolute Gasteiger partial charge is 0.254 e. The summed E-state index contributed by atoms with van der Waals surface area (Å²) < 4.78 is 5.66. The van der Waals surface area contributed by atoms with Gasteiger partial charge < -0.3 is 14.5 Å². The van der Waals surface area contributed by atoms with Crippen LogP contribution in [0.5, 0.6) is 0 Å². The molecule has 9 heteroatoms. The highest BCUT2D eigenvalue weighted by Gasteiger charge is 2.24. The number of aryl methyl sites for hydroxylation is 2. The molecular weight excluding hydrogens is 330 g/mol. The largest absolute Gasteiger partial charge is 0.354 e. The SMILES string of the molecule is CC(C)c1cc(NC(c2nccn2C)c2nccn2C)n2ncnc2n1. The molecule has 0 spiro atoms. The van der Waals surface area contributed by atoms with Gasteiger partial charge in [-0.3, -0.25) is 0 Å².